The fourth-order valence-electron chi connectivity index (χ4n) is 2.17. The van der Waals surface area contributed by atoms with Crippen LogP contribution in [0, 0.1) is 0 Å². The number of fused-ring (bicyclic) bond motifs is 1. The lowest BCUT2D eigenvalue weighted by Gasteiger charge is -2.10. The van der Waals surface area contributed by atoms with Gasteiger partial charge in [0.2, 0.25) is 0 Å². The molecule has 9 heteroatoms. The Kier molecular flexibility index (Phi) is 5.38. The highest BCUT2D eigenvalue weighted by molar-refractivity contribution is 7.99. The molecule has 1 N–H and O–H groups in total. The predicted octanol–water partition coefficient (Wildman–Crippen LogP) is 0.702. The lowest BCUT2D eigenvalue weighted by molar-refractivity contribution is 0.223. The van der Waals surface area contributed by atoms with Crippen LogP contribution < -0.4 is 11.2 Å². The topological polar surface area (TPSA) is 82.1 Å². The van der Waals surface area contributed by atoms with Gasteiger partial charge in [-0.2, -0.15) is 0 Å². The Bertz CT molecular complexity index is 868. The number of halogens is 1. The van der Waals surface area contributed by atoms with E-state index in [0.717, 1.165) is 10.1 Å². The number of thioether (sulfide) groups is 1. The van der Waals surface area contributed by atoms with Crippen LogP contribution in [0.5, 0.6) is 0 Å². The van der Waals surface area contributed by atoms with Crippen molar-refractivity contribution in [3.63, 3.8) is 0 Å². The summed E-state index contributed by atoms with van der Waals surface area (Å²) in [5, 5.41) is 10.2. The Labute approximate surface area is 142 Å². The molecule has 0 fully saturated rings. The first-order chi connectivity index (χ1) is 10.8. The predicted molar refractivity (Wildman–Crippen MR) is 92.5 cm³/mol. The normalized spacial score (nSPS) is 12.7. The molecule has 2 heterocycles. The lowest BCUT2D eigenvalue weighted by atomic mass is 10.3. The first kappa shape index (κ1) is 17.8. The van der Waals surface area contributed by atoms with Crippen molar-refractivity contribution in [3.05, 3.63) is 33.0 Å². The second-order valence-electron chi connectivity index (χ2n) is 5.43. The third kappa shape index (κ3) is 3.39. The second kappa shape index (κ2) is 6.94. The molecule has 2 rings (SSSR count). The van der Waals surface area contributed by atoms with E-state index in [-0.39, 0.29) is 5.88 Å². The molecule has 23 heavy (non-hydrogen) atoms. The van der Waals surface area contributed by atoms with Gasteiger partial charge >= 0.3 is 5.69 Å². The fraction of sp³-hybridized carbons (Fsp3) is 0.500. The van der Waals surface area contributed by atoms with Crippen LogP contribution in [0.4, 0.5) is 0 Å². The minimum absolute atomic E-state index is 0.119. The molecule has 2 aromatic rings. The molecule has 2 aromatic heterocycles. The third-order valence-corrected chi connectivity index (χ3v) is 4.80. The van der Waals surface area contributed by atoms with Crippen LogP contribution in [-0.2, 0) is 20.6 Å². The molecule has 0 unspecified atom stereocenters. The van der Waals surface area contributed by atoms with Crippen molar-refractivity contribution in [1.82, 2.24) is 18.7 Å². The quantitative estimate of drug-likeness (QED) is 0.467. The van der Waals surface area contributed by atoms with Crippen LogP contribution in [0.25, 0.3) is 11.2 Å². The Balaban J connectivity index is 2.69. The first-order valence-corrected chi connectivity index (χ1v) is 8.47. The molecule has 0 aliphatic heterocycles. The maximum absolute atomic E-state index is 12.5. The summed E-state index contributed by atoms with van der Waals surface area (Å²) in [6.45, 7) is 6.13. The molecule has 0 amide bonds. The Morgan fingerprint density at radius 2 is 2.04 bits per heavy atom. The summed E-state index contributed by atoms with van der Waals surface area (Å²) in [7, 11) is 3.01. The van der Waals surface area contributed by atoms with Crippen LogP contribution in [0.3, 0.4) is 0 Å². The number of alkyl halides is 1. The molecule has 0 aromatic carbocycles. The van der Waals surface area contributed by atoms with Gasteiger partial charge in [0.05, 0.1) is 6.10 Å². The van der Waals surface area contributed by atoms with E-state index in [1.807, 2.05) is 6.92 Å². The summed E-state index contributed by atoms with van der Waals surface area (Å²) in [4.78, 5) is 29.0. The molecular formula is C14H19ClN4O3S. The summed E-state index contributed by atoms with van der Waals surface area (Å²) in [5.41, 5.74) is 0.684. The van der Waals surface area contributed by atoms with Crippen LogP contribution in [0.15, 0.2) is 26.9 Å². The molecule has 0 aliphatic carbocycles. The van der Waals surface area contributed by atoms with Gasteiger partial charge in [-0.1, -0.05) is 23.9 Å². The zero-order valence-corrected chi connectivity index (χ0v) is 14.8. The monoisotopic (exact) mass is 358 g/mol. The van der Waals surface area contributed by atoms with Gasteiger partial charge in [-0.05, 0) is 6.92 Å². The van der Waals surface area contributed by atoms with Gasteiger partial charge in [-0.25, -0.2) is 9.78 Å². The highest BCUT2D eigenvalue weighted by atomic mass is 35.5. The van der Waals surface area contributed by atoms with E-state index in [9.17, 15) is 14.7 Å². The molecule has 0 saturated heterocycles. The summed E-state index contributed by atoms with van der Waals surface area (Å²) in [5.74, 6) is 0.464. The van der Waals surface area contributed by atoms with Gasteiger partial charge in [0.25, 0.3) is 5.56 Å². The second-order valence-corrected chi connectivity index (χ2v) is 6.73. The standard InChI is InChI=1S/C14H19ClN4O3S/c1-8(2)6-19-10-11(16-13(19)23-7-9(20)5-15)17(3)14(22)18(4)12(10)21/h9,20H,1,5-7H2,2-4H3/t9-/m1/s1. The maximum atomic E-state index is 12.5. The minimum atomic E-state index is -0.675. The van der Waals surface area contributed by atoms with Crippen molar-refractivity contribution < 1.29 is 5.11 Å². The van der Waals surface area contributed by atoms with Crippen molar-refractivity contribution in [2.45, 2.75) is 24.7 Å². The molecule has 0 saturated carbocycles. The smallest absolute Gasteiger partial charge is 0.332 e. The summed E-state index contributed by atoms with van der Waals surface area (Å²) in [6.07, 6.45) is -0.675. The zero-order valence-electron chi connectivity index (χ0n) is 13.2. The number of aryl methyl sites for hydroxylation is 1. The molecule has 0 bridgehead atoms. The number of aliphatic hydroxyl groups is 1. The number of rotatable bonds is 6. The Morgan fingerprint density at radius 1 is 1.39 bits per heavy atom. The van der Waals surface area contributed by atoms with Crippen molar-refractivity contribution in [1.29, 1.82) is 0 Å². The van der Waals surface area contributed by atoms with Gasteiger partial charge in [-0.3, -0.25) is 13.9 Å². The molecule has 0 radical (unpaired) electrons. The lowest BCUT2D eigenvalue weighted by Crippen LogP contribution is -2.37. The van der Waals surface area contributed by atoms with E-state index in [0.29, 0.717) is 28.6 Å². The third-order valence-electron chi connectivity index (χ3n) is 3.32. The van der Waals surface area contributed by atoms with Crippen molar-refractivity contribution in [3.8, 4) is 0 Å². The zero-order chi connectivity index (χ0) is 17.3. The van der Waals surface area contributed by atoms with Crippen molar-refractivity contribution >= 4 is 34.5 Å². The summed E-state index contributed by atoms with van der Waals surface area (Å²) >= 11 is 6.90. The number of allylic oxidation sites excluding steroid dienone is 1. The average Bonchev–Trinajstić information content (AvgIpc) is 2.86. The van der Waals surface area contributed by atoms with Crippen molar-refractivity contribution in [2.75, 3.05) is 11.6 Å². The number of hydrogen-bond acceptors (Lipinski definition) is 5. The van der Waals surface area contributed by atoms with E-state index in [4.69, 9.17) is 11.6 Å². The van der Waals surface area contributed by atoms with E-state index in [2.05, 4.69) is 11.6 Å². The van der Waals surface area contributed by atoms with Crippen molar-refractivity contribution in [2.24, 2.45) is 14.1 Å². The largest absolute Gasteiger partial charge is 0.391 e. The van der Waals surface area contributed by atoms with Gasteiger partial charge in [0, 0.05) is 32.3 Å². The molecular weight excluding hydrogens is 340 g/mol. The van der Waals surface area contributed by atoms with Crippen LogP contribution in [-0.4, -0.2) is 41.5 Å². The van der Waals surface area contributed by atoms with Gasteiger partial charge < -0.3 is 9.67 Å². The maximum Gasteiger partial charge on any atom is 0.332 e. The molecule has 126 valence electrons. The Morgan fingerprint density at radius 3 is 2.61 bits per heavy atom. The fourth-order valence-corrected chi connectivity index (χ4v) is 3.33. The first-order valence-electron chi connectivity index (χ1n) is 6.95. The number of aliphatic hydroxyl groups excluding tert-OH is 1. The van der Waals surface area contributed by atoms with E-state index in [1.165, 1.54) is 23.4 Å². The minimum Gasteiger partial charge on any atom is -0.391 e. The SMILES string of the molecule is C=C(C)Cn1c(SC[C@H](O)CCl)nc2c1c(=O)n(C)c(=O)n2C. The number of nitrogens with zero attached hydrogens (tertiary/aromatic N) is 4. The molecule has 7 nitrogen and oxygen atoms in total. The van der Waals surface area contributed by atoms with Gasteiger partial charge in [0.15, 0.2) is 16.3 Å². The van der Waals surface area contributed by atoms with Gasteiger partial charge in [0.1, 0.15) is 0 Å². The molecule has 0 aliphatic rings. The highest BCUT2D eigenvalue weighted by Crippen LogP contribution is 2.23. The molecule has 1 atom stereocenters. The van der Waals surface area contributed by atoms with Crippen LogP contribution in [0.2, 0.25) is 0 Å². The summed E-state index contributed by atoms with van der Waals surface area (Å²) in [6, 6.07) is 0. The molecule has 0 spiro atoms. The summed E-state index contributed by atoms with van der Waals surface area (Å²) < 4.78 is 4.12. The van der Waals surface area contributed by atoms with Gasteiger partial charge in [-0.15, -0.1) is 11.6 Å². The van der Waals surface area contributed by atoms with E-state index >= 15 is 0 Å². The van der Waals surface area contributed by atoms with Crippen LogP contribution in [0.1, 0.15) is 6.92 Å². The number of imidazole rings is 1. The average molecular weight is 359 g/mol. The number of aromatic nitrogens is 4. The number of hydrogen-bond donors (Lipinski definition) is 1. The van der Waals surface area contributed by atoms with E-state index < -0.39 is 17.4 Å². The highest BCUT2D eigenvalue weighted by Gasteiger charge is 2.20. The Hall–Kier alpha value is -1.51. The van der Waals surface area contributed by atoms with Crippen LogP contribution >= 0.6 is 23.4 Å². The van der Waals surface area contributed by atoms with E-state index in [1.54, 1.807) is 11.6 Å².